The highest BCUT2D eigenvalue weighted by Crippen LogP contribution is 2.30. The van der Waals surface area contributed by atoms with Gasteiger partial charge >= 0.3 is 0 Å². The van der Waals surface area contributed by atoms with E-state index in [9.17, 15) is 4.79 Å². The first-order valence-corrected chi connectivity index (χ1v) is 5.87. The van der Waals surface area contributed by atoms with Gasteiger partial charge < -0.3 is 9.47 Å². The van der Waals surface area contributed by atoms with Gasteiger partial charge in [0.15, 0.2) is 5.78 Å². The maximum Gasteiger partial charge on any atom is 0.167 e. The molecule has 3 heteroatoms. The molecular formula is C12H22O3. The lowest BCUT2D eigenvalue weighted by atomic mass is 9.80. The quantitative estimate of drug-likeness (QED) is 0.703. The van der Waals surface area contributed by atoms with Crippen molar-refractivity contribution < 1.29 is 14.3 Å². The molecule has 0 aromatic carbocycles. The second kappa shape index (κ2) is 5.61. The summed E-state index contributed by atoms with van der Waals surface area (Å²) >= 11 is 0. The Balaban J connectivity index is 2.75. The highest BCUT2D eigenvalue weighted by Gasteiger charge is 2.42. The minimum atomic E-state index is -0.561. The largest absolute Gasteiger partial charge is 0.381 e. The van der Waals surface area contributed by atoms with Crippen LogP contribution < -0.4 is 0 Å². The molecule has 1 aliphatic heterocycles. The van der Waals surface area contributed by atoms with E-state index in [2.05, 4.69) is 13.8 Å². The lowest BCUT2D eigenvalue weighted by Crippen LogP contribution is -2.48. The van der Waals surface area contributed by atoms with E-state index in [0.717, 1.165) is 12.8 Å². The van der Waals surface area contributed by atoms with Crippen LogP contribution >= 0.6 is 0 Å². The molecule has 3 nitrogen and oxygen atoms in total. The van der Waals surface area contributed by atoms with E-state index in [4.69, 9.17) is 9.47 Å². The van der Waals surface area contributed by atoms with E-state index in [1.165, 1.54) is 0 Å². The number of carbonyl (C=O) groups is 1. The Morgan fingerprint density at radius 1 is 1.33 bits per heavy atom. The molecule has 0 atom stereocenters. The van der Waals surface area contributed by atoms with Crippen LogP contribution in [-0.2, 0) is 14.3 Å². The zero-order valence-corrected chi connectivity index (χ0v) is 10.0. The van der Waals surface area contributed by atoms with Crippen molar-refractivity contribution in [1.29, 1.82) is 0 Å². The lowest BCUT2D eigenvalue weighted by Gasteiger charge is -2.36. The molecule has 1 saturated heterocycles. The van der Waals surface area contributed by atoms with Crippen molar-refractivity contribution in [2.75, 3.05) is 20.3 Å². The van der Waals surface area contributed by atoms with E-state index >= 15 is 0 Å². The molecule has 0 spiro atoms. The van der Waals surface area contributed by atoms with Crippen LogP contribution in [0.2, 0.25) is 0 Å². The van der Waals surface area contributed by atoms with Crippen LogP contribution in [0.4, 0.5) is 0 Å². The highest BCUT2D eigenvalue weighted by molar-refractivity contribution is 5.89. The van der Waals surface area contributed by atoms with Gasteiger partial charge in [-0.25, -0.2) is 0 Å². The summed E-state index contributed by atoms with van der Waals surface area (Å²) in [6.07, 6.45) is 3.22. The van der Waals surface area contributed by atoms with Crippen molar-refractivity contribution in [3.63, 3.8) is 0 Å². The molecule has 0 aromatic heterocycles. The molecule has 88 valence electrons. The molecule has 0 unspecified atom stereocenters. The number of carbonyl (C=O) groups excluding carboxylic acids is 1. The second-order valence-electron chi connectivity index (χ2n) is 4.19. The number of methoxy groups -OCH3 is 1. The molecule has 1 heterocycles. The Kier molecular flexibility index (Phi) is 4.74. The van der Waals surface area contributed by atoms with Crippen LogP contribution in [-0.4, -0.2) is 31.7 Å². The summed E-state index contributed by atoms with van der Waals surface area (Å²) in [5.74, 6) is 0.418. The number of rotatable bonds is 5. The maximum absolute atomic E-state index is 12.3. The van der Waals surface area contributed by atoms with Crippen molar-refractivity contribution in [3.8, 4) is 0 Å². The zero-order valence-electron chi connectivity index (χ0n) is 10.0. The van der Waals surface area contributed by atoms with Gasteiger partial charge in [-0.2, -0.15) is 0 Å². The molecule has 1 rings (SSSR count). The van der Waals surface area contributed by atoms with E-state index in [-0.39, 0.29) is 11.7 Å². The molecule has 0 aromatic rings. The SMILES string of the molecule is CCC(CC)C(=O)C1(OC)CCOCC1. The van der Waals surface area contributed by atoms with Crippen molar-refractivity contribution in [2.45, 2.75) is 45.1 Å². The van der Waals surface area contributed by atoms with E-state index in [0.29, 0.717) is 26.1 Å². The van der Waals surface area contributed by atoms with E-state index < -0.39 is 5.60 Å². The third kappa shape index (κ3) is 2.58. The predicted octanol–water partition coefficient (Wildman–Crippen LogP) is 2.19. The molecule has 15 heavy (non-hydrogen) atoms. The summed E-state index contributed by atoms with van der Waals surface area (Å²) in [6, 6.07) is 0. The topological polar surface area (TPSA) is 35.5 Å². The minimum Gasteiger partial charge on any atom is -0.381 e. The van der Waals surface area contributed by atoms with Crippen molar-refractivity contribution >= 4 is 5.78 Å². The fourth-order valence-corrected chi connectivity index (χ4v) is 2.28. The van der Waals surface area contributed by atoms with Gasteiger partial charge in [-0.15, -0.1) is 0 Å². The van der Waals surface area contributed by atoms with Gasteiger partial charge in [-0.3, -0.25) is 4.79 Å². The van der Waals surface area contributed by atoms with Crippen LogP contribution in [0.1, 0.15) is 39.5 Å². The first-order valence-electron chi connectivity index (χ1n) is 5.87. The van der Waals surface area contributed by atoms with E-state index in [1.54, 1.807) is 7.11 Å². The van der Waals surface area contributed by atoms with Crippen molar-refractivity contribution in [2.24, 2.45) is 5.92 Å². The Labute approximate surface area is 92.1 Å². The monoisotopic (exact) mass is 214 g/mol. The van der Waals surface area contributed by atoms with Crippen molar-refractivity contribution in [3.05, 3.63) is 0 Å². The fraction of sp³-hybridized carbons (Fsp3) is 0.917. The van der Waals surface area contributed by atoms with Crippen LogP contribution in [0, 0.1) is 5.92 Å². The Morgan fingerprint density at radius 2 is 1.87 bits per heavy atom. The number of ether oxygens (including phenoxy) is 2. The summed E-state index contributed by atoms with van der Waals surface area (Å²) in [7, 11) is 1.64. The van der Waals surface area contributed by atoms with Crippen LogP contribution in [0.3, 0.4) is 0 Å². The fourth-order valence-electron chi connectivity index (χ4n) is 2.28. The zero-order chi connectivity index (χ0) is 11.3. The average Bonchev–Trinajstić information content (AvgIpc) is 2.31. The maximum atomic E-state index is 12.3. The molecule has 0 N–H and O–H groups in total. The summed E-state index contributed by atoms with van der Waals surface area (Å²) in [5, 5.41) is 0. The molecule has 0 radical (unpaired) electrons. The first kappa shape index (κ1) is 12.7. The third-order valence-electron chi connectivity index (χ3n) is 3.50. The smallest absolute Gasteiger partial charge is 0.167 e. The van der Waals surface area contributed by atoms with Crippen LogP contribution in [0.25, 0.3) is 0 Å². The molecular weight excluding hydrogens is 192 g/mol. The van der Waals surface area contributed by atoms with Gasteiger partial charge in [-0.1, -0.05) is 13.8 Å². The van der Waals surface area contributed by atoms with Gasteiger partial charge in [0.2, 0.25) is 0 Å². The van der Waals surface area contributed by atoms with Gasteiger partial charge in [0.25, 0.3) is 0 Å². The normalized spacial score (nSPS) is 20.5. The first-order chi connectivity index (χ1) is 7.20. The van der Waals surface area contributed by atoms with E-state index in [1.807, 2.05) is 0 Å². The molecule has 0 amide bonds. The molecule has 0 aliphatic carbocycles. The summed E-state index contributed by atoms with van der Waals surface area (Å²) in [5.41, 5.74) is -0.561. The molecule has 0 bridgehead atoms. The standard InChI is InChI=1S/C12H22O3/c1-4-10(5-2)11(13)12(14-3)6-8-15-9-7-12/h10H,4-9H2,1-3H3. The molecule has 1 aliphatic rings. The number of ketones is 1. The van der Waals surface area contributed by atoms with Crippen LogP contribution in [0.15, 0.2) is 0 Å². The van der Waals surface area contributed by atoms with Gasteiger partial charge in [0, 0.05) is 39.1 Å². The van der Waals surface area contributed by atoms with Gasteiger partial charge in [-0.05, 0) is 12.8 Å². The minimum absolute atomic E-state index is 0.142. The number of Topliss-reactive ketones (excluding diaryl/α,β-unsaturated/α-hetero) is 1. The second-order valence-corrected chi connectivity index (χ2v) is 4.19. The Bertz CT molecular complexity index is 203. The summed E-state index contributed by atoms with van der Waals surface area (Å²) in [6.45, 7) is 5.41. The van der Waals surface area contributed by atoms with Gasteiger partial charge in [0.1, 0.15) is 5.60 Å². The number of hydrogen-bond acceptors (Lipinski definition) is 3. The highest BCUT2D eigenvalue weighted by atomic mass is 16.5. The summed E-state index contributed by atoms with van der Waals surface area (Å²) in [4.78, 5) is 12.3. The summed E-state index contributed by atoms with van der Waals surface area (Å²) < 4.78 is 10.8. The molecule has 1 fully saturated rings. The third-order valence-corrected chi connectivity index (χ3v) is 3.50. The average molecular weight is 214 g/mol. The Morgan fingerprint density at radius 3 is 2.27 bits per heavy atom. The Hall–Kier alpha value is -0.410. The number of hydrogen-bond donors (Lipinski definition) is 0. The van der Waals surface area contributed by atoms with Crippen molar-refractivity contribution in [1.82, 2.24) is 0 Å². The van der Waals surface area contributed by atoms with Gasteiger partial charge in [0.05, 0.1) is 0 Å². The lowest BCUT2D eigenvalue weighted by molar-refractivity contribution is -0.157. The van der Waals surface area contributed by atoms with Crippen LogP contribution in [0.5, 0.6) is 0 Å². The predicted molar refractivity (Wildman–Crippen MR) is 58.9 cm³/mol. The molecule has 0 saturated carbocycles.